The van der Waals surface area contributed by atoms with Gasteiger partial charge in [-0.05, 0) is 43.8 Å². The lowest BCUT2D eigenvalue weighted by atomic mass is 10.1. The number of nitrogens with one attached hydrogen (secondary N) is 2. The van der Waals surface area contributed by atoms with Crippen LogP contribution in [0.2, 0.25) is 0 Å². The van der Waals surface area contributed by atoms with E-state index in [2.05, 4.69) is 10.6 Å². The van der Waals surface area contributed by atoms with Gasteiger partial charge in [0.2, 0.25) is 5.91 Å². The number of carbonyl (C=O) groups is 2. The Morgan fingerprint density at radius 2 is 1.96 bits per heavy atom. The smallest absolute Gasteiger partial charge is 0.321 e. The van der Waals surface area contributed by atoms with Gasteiger partial charge in [0, 0.05) is 6.04 Å². The predicted molar refractivity (Wildman–Crippen MR) is 86.5 cm³/mol. The molecule has 0 fully saturated rings. The molecule has 3 amide bonds. The van der Waals surface area contributed by atoms with E-state index in [1.807, 2.05) is 6.92 Å². The summed E-state index contributed by atoms with van der Waals surface area (Å²) in [4.78, 5) is 25.3. The summed E-state index contributed by atoms with van der Waals surface area (Å²) in [6, 6.07) is 8.85. The molecule has 1 unspecified atom stereocenters. The fourth-order valence-electron chi connectivity index (χ4n) is 2.15. The predicted octanol–water partition coefficient (Wildman–Crippen LogP) is 2.44. The number of hydrogen-bond acceptors (Lipinski definition) is 4. The lowest BCUT2D eigenvalue weighted by Crippen LogP contribution is -2.43. The first kappa shape index (κ1) is 17.7. The molecule has 0 aliphatic carbocycles. The van der Waals surface area contributed by atoms with Gasteiger partial charge in [-0.2, -0.15) is 0 Å². The summed E-state index contributed by atoms with van der Waals surface area (Å²) < 4.78 is 18.0. The summed E-state index contributed by atoms with van der Waals surface area (Å²) >= 11 is 0. The van der Waals surface area contributed by atoms with Crippen molar-refractivity contribution in [1.29, 1.82) is 0 Å². The van der Waals surface area contributed by atoms with Crippen molar-refractivity contribution in [2.75, 3.05) is 13.6 Å². The molecule has 1 aromatic carbocycles. The molecule has 2 rings (SSSR count). The van der Waals surface area contributed by atoms with E-state index in [0.29, 0.717) is 5.76 Å². The number of imide groups is 1. The molecule has 128 valence electrons. The van der Waals surface area contributed by atoms with Crippen molar-refractivity contribution in [1.82, 2.24) is 15.5 Å². The van der Waals surface area contributed by atoms with Gasteiger partial charge in [0.1, 0.15) is 11.6 Å². The average molecular weight is 333 g/mol. The Bertz CT molecular complexity index is 671. The first-order valence-corrected chi connectivity index (χ1v) is 7.51. The summed E-state index contributed by atoms with van der Waals surface area (Å²) in [5.41, 5.74) is 0.883. The third-order valence-electron chi connectivity index (χ3n) is 3.66. The Balaban J connectivity index is 1.78. The van der Waals surface area contributed by atoms with Crippen molar-refractivity contribution in [2.24, 2.45) is 0 Å². The number of likely N-dealkylation sites (N-methyl/N-ethyl adjacent to an activating group) is 1. The standard InChI is InChI=1S/C17H20FN3O3/c1-12(13-5-7-14(18)8-6-13)21(2)11-16(22)20-17(23)19-10-15-4-3-9-24-15/h3-9,12H,10-11H2,1-2H3,(H2,19,20,22,23). The number of rotatable bonds is 6. The van der Waals surface area contributed by atoms with Crippen molar-refractivity contribution in [3.63, 3.8) is 0 Å². The normalized spacial score (nSPS) is 12.0. The lowest BCUT2D eigenvalue weighted by Gasteiger charge is -2.24. The number of amides is 3. The van der Waals surface area contributed by atoms with Gasteiger partial charge in [-0.15, -0.1) is 0 Å². The zero-order chi connectivity index (χ0) is 17.5. The van der Waals surface area contributed by atoms with Crippen LogP contribution >= 0.6 is 0 Å². The quantitative estimate of drug-likeness (QED) is 0.851. The molecule has 0 aliphatic rings. The second-order valence-corrected chi connectivity index (χ2v) is 5.45. The minimum absolute atomic E-state index is 0.0344. The highest BCUT2D eigenvalue weighted by atomic mass is 19.1. The summed E-state index contributed by atoms with van der Waals surface area (Å²) in [6.45, 7) is 2.14. The van der Waals surface area contributed by atoms with Gasteiger partial charge in [0.05, 0.1) is 19.4 Å². The number of urea groups is 1. The third-order valence-corrected chi connectivity index (χ3v) is 3.66. The second-order valence-electron chi connectivity index (χ2n) is 5.45. The van der Waals surface area contributed by atoms with E-state index in [0.717, 1.165) is 5.56 Å². The molecule has 2 N–H and O–H groups in total. The average Bonchev–Trinajstić information content (AvgIpc) is 3.06. The molecule has 24 heavy (non-hydrogen) atoms. The highest BCUT2D eigenvalue weighted by Crippen LogP contribution is 2.18. The summed E-state index contributed by atoms with van der Waals surface area (Å²) in [7, 11) is 1.76. The van der Waals surface area contributed by atoms with Gasteiger partial charge in [0.25, 0.3) is 0 Å². The lowest BCUT2D eigenvalue weighted by molar-refractivity contribution is -0.121. The molecule has 0 saturated carbocycles. The number of benzene rings is 1. The Labute approximate surface area is 139 Å². The van der Waals surface area contributed by atoms with Gasteiger partial charge >= 0.3 is 6.03 Å². The van der Waals surface area contributed by atoms with Crippen LogP contribution in [-0.2, 0) is 11.3 Å². The summed E-state index contributed by atoms with van der Waals surface area (Å²) in [6.07, 6.45) is 1.51. The maximum atomic E-state index is 13.0. The Morgan fingerprint density at radius 1 is 1.25 bits per heavy atom. The molecule has 1 aromatic heterocycles. The van der Waals surface area contributed by atoms with Gasteiger partial charge in [-0.1, -0.05) is 12.1 Å². The monoisotopic (exact) mass is 333 g/mol. The van der Waals surface area contributed by atoms with E-state index in [4.69, 9.17) is 4.42 Å². The van der Waals surface area contributed by atoms with Crippen molar-refractivity contribution < 1.29 is 18.4 Å². The van der Waals surface area contributed by atoms with E-state index in [1.165, 1.54) is 18.4 Å². The molecule has 1 heterocycles. The number of halogens is 1. The van der Waals surface area contributed by atoms with E-state index in [9.17, 15) is 14.0 Å². The number of hydrogen-bond donors (Lipinski definition) is 2. The fourth-order valence-corrected chi connectivity index (χ4v) is 2.15. The maximum Gasteiger partial charge on any atom is 0.321 e. The van der Waals surface area contributed by atoms with Crippen LogP contribution in [0.4, 0.5) is 9.18 Å². The number of furan rings is 1. The maximum absolute atomic E-state index is 13.0. The molecule has 2 aromatic rings. The molecule has 0 spiro atoms. The number of nitrogens with zero attached hydrogens (tertiary/aromatic N) is 1. The third kappa shape index (κ3) is 5.20. The Morgan fingerprint density at radius 3 is 2.58 bits per heavy atom. The van der Waals surface area contributed by atoms with Crippen LogP contribution in [0.15, 0.2) is 47.1 Å². The van der Waals surface area contributed by atoms with Crippen LogP contribution in [-0.4, -0.2) is 30.4 Å². The zero-order valence-electron chi connectivity index (χ0n) is 13.6. The van der Waals surface area contributed by atoms with Crippen molar-refractivity contribution in [3.05, 3.63) is 59.8 Å². The molecule has 6 nitrogen and oxygen atoms in total. The van der Waals surface area contributed by atoms with E-state index in [1.54, 1.807) is 36.2 Å². The molecular formula is C17H20FN3O3. The van der Waals surface area contributed by atoms with Crippen LogP contribution < -0.4 is 10.6 Å². The summed E-state index contributed by atoms with van der Waals surface area (Å²) in [5.74, 6) is -0.136. The van der Waals surface area contributed by atoms with Crippen LogP contribution in [0.1, 0.15) is 24.3 Å². The van der Waals surface area contributed by atoms with E-state index < -0.39 is 11.9 Å². The molecule has 0 saturated heterocycles. The SMILES string of the molecule is CC(c1ccc(F)cc1)N(C)CC(=O)NC(=O)NCc1ccco1. The molecule has 0 aliphatic heterocycles. The largest absolute Gasteiger partial charge is 0.467 e. The van der Waals surface area contributed by atoms with Gasteiger partial charge < -0.3 is 9.73 Å². The number of carbonyl (C=O) groups excluding carboxylic acids is 2. The highest BCUT2D eigenvalue weighted by molar-refractivity contribution is 5.95. The Hall–Kier alpha value is -2.67. The first-order valence-electron chi connectivity index (χ1n) is 7.51. The molecule has 1 atom stereocenters. The first-order chi connectivity index (χ1) is 11.5. The summed E-state index contributed by atoms with van der Waals surface area (Å²) in [5, 5.41) is 4.79. The molecular weight excluding hydrogens is 313 g/mol. The molecule has 0 bridgehead atoms. The van der Waals surface area contributed by atoms with Crippen molar-refractivity contribution in [3.8, 4) is 0 Å². The van der Waals surface area contributed by atoms with Gasteiger partial charge in [0.15, 0.2) is 0 Å². The van der Waals surface area contributed by atoms with E-state index >= 15 is 0 Å². The van der Waals surface area contributed by atoms with Crippen LogP contribution in [0, 0.1) is 5.82 Å². The molecule has 0 radical (unpaired) electrons. The molecule has 7 heteroatoms. The van der Waals surface area contributed by atoms with Crippen LogP contribution in [0.25, 0.3) is 0 Å². The van der Waals surface area contributed by atoms with E-state index in [-0.39, 0.29) is 24.9 Å². The Kier molecular flexibility index (Phi) is 6.08. The van der Waals surface area contributed by atoms with Crippen LogP contribution in [0.3, 0.4) is 0 Å². The fraction of sp³-hybridized carbons (Fsp3) is 0.294. The highest BCUT2D eigenvalue weighted by Gasteiger charge is 2.16. The van der Waals surface area contributed by atoms with Crippen LogP contribution in [0.5, 0.6) is 0 Å². The van der Waals surface area contributed by atoms with Gasteiger partial charge in [-0.25, -0.2) is 9.18 Å². The minimum Gasteiger partial charge on any atom is -0.467 e. The van der Waals surface area contributed by atoms with Crippen molar-refractivity contribution in [2.45, 2.75) is 19.5 Å². The second kappa shape index (κ2) is 8.26. The minimum atomic E-state index is -0.584. The van der Waals surface area contributed by atoms with Crippen molar-refractivity contribution >= 4 is 11.9 Å². The van der Waals surface area contributed by atoms with Gasteiger partial charge in [-0.3, -0.25) is 15.0 Å². The topological polar surface area (TPSA) is 74.6 Å². The zero-order valence-corrected chi connectivity index (χ0v) is 13.6.